The Hall–Kier alpha value is -1.34. The van der Waals surface area contributed by atoms with Gasteiger partial charge in [-0.2, -0.15) is 108 Å². The SMILES string of the molecule is Cc1cc[c-]cc1.Cc1cc[c-]cc1.Cc1cc[c-]cc1.[Cl][Ti+3]. The van der Waals surface area contributed by atoms with Gasteiger partial charge in [-0.25, -0.2) is 0 Å². The molecule has 23 heavy (non-hydrogen) atoms. The maximum atomic E-state index is 4.64. The average Bonchev–Trinajstić information content (AvgIpc) is 2.60. The summed E-state index contributed by atoms with van der Waals surface area (Å²) in [5.41, 5.74) is 3.87. The fourth-order valence-electron chi connectivity index (χ4n) is 1.41. The maximum absolute atomic E-state index is 4.64. The molecule has 0 spiro atoms. The molecular weight excluding hydrogens is 336 g/mol. The van der Waals surface area contributed by atoms with Crippen molar-refractivity contribution in [3.63, 3.8) is 0 Å². The predicted molar refractivity (Wildman–Crippen MR) is 95.9 cm³/mol. The summed E-state index contributed by atoms with van der Waals surface area (Å²) >= 11 is 1.47. The van der Waals surface area contributed by atoms with Gasteiger partial charge in [0.15, 0.2) is 0 Å². The molecule has 0 aromatic heterocycles. The van der Waals surface area contributed by atoms with Crippen molar-refractivity contribution in [3.8, 4) is 0 Å². The molecule has 0 fully saturated rings. The second kappa shape index (κ2) is 15.6. The zero-order valence-electron chi connectivity index (χ0n) is 13.8. The molecule has 0 aliphatic heterocycles. The summed E-state index contributed by atoms with van der Waals surface area (Å²) in [4.78, 5) is 0. The van der Waals surface area contributed by atoms with Gasteiger partial charge in [-0.3, -0.25) is 0 Å². The number of aryl methyl sites for hydroxylation is 3. The van der Waals surface area contributed by atoms with Gasteiger partial charge in [0.1, 0.15) is 0 Å². The second-order valence-electron chi connectivity index (χ2n) is 4.73. The van der Waals surface area contributed by atoms with E-state index in [0.29, 0.717) is 0 Å². The molecule has 3 aromatic rings. The van der Waals surface area contributed by atoms with Crippen molar-refractivity contribution in [1.29, 1.82) is 0 Å². The molecular formula is C21H21ClTi. The Labute approximate surface area is 156 Å². The Morgan fingerprint density at radius 1 is 0.522 bits per heavy atom. The molecule has 0 nitrogen and oxygen atoms in total. The van der Waals surface area contributed by atoms with Crippen LogP contribution in [0.3, 0.4) is 0 Å². The summed E-state index contributed by atoms with van der Waals surface area (Å²) < 4.78 is 0. The zero-order chi connectivity index (χ0) is 17.3. The zero-order valence-corrected chi connectivity index (χ0v) is 16.1. The number of hydrogen-bond acceptors (Lipinski definition) is 0. The summed E-state index contributed by atoms with van der Waals surface area (Å²) in [6, 6.07) is 32.4. The van der Waals surface area contributed by atoms with E-state index in [2.05, 4.69) is 48.3 Å². The molecule has 0 bridgehead atoms. The Balaban J connectivity index is 0.000000299. The Kier molecular flexibility index (Phi) is 14.7. The molecule has 0 aliphatic carbocycles. The monoisotopic (exact) mass is 356 g/mol. The van der Waals surface area contributed by atoms with Crippen molar-refractivity contribution < 1.29 is 19.4 Å². The molecule has 0 saturated carbocycles. The first-order valence-corrected chi connectivity index (χ1v) is 9.30. The predicted octanol–water partition coefficient (Wildman–Crippen LogP) is 6.07. The minimum absolute atomic E-state index is 1.29. The first kappa shape index (κ1) is 21.7. The van der Waals surface area contributed by atoms with Crippen LogP contribution in [0.15, 0.2) is 72.8 Å². The van der Waals surface area contributed by atoms with Crippen LogP contribution in [0.4, 0.5) is 0 Å². The normalized spacial score (nSPS) is 8.26. The van der Waals surface area contributed by atoms with Crippen molar-refractivity contribution in [2.45, 2.75) is 20.8 Å². The fourth-order valence-corrected chi connectivity index (χ4v) is 1.41. The van der Waals surface area contributed by atoms with Crippen LogP contribution in [0, 0.1) is 39.0 Å². The van der Waals surface area contributed by atoms with Gasteiger partial charge in [0.05, 0.1) is 0 Å². The van der Waals surface area contributed by atoms with Crippen LogP contribution in [-0.4, -0.2) is 0 Å². The quantitative estimate of drug-likeness (QED) is 0.338. The van der Waals surface area contributed by atoms with E-state index in [-0.39, 0.29) is 0 Å². The van der Waals surface area contributed by atoms with Gasteiger partial charge in [0.25, 0.3) is 0 Å². The van der Waals surface area contributed by atoms with Crippen molar-refractivity contribution in [3.05, 3.63) is 108 Å². The number of halogens is 1. The van der Waals surface area contributed by atoms with Gasteiger partial charge in [0.2, 0.25) is 0 Å². The minimum atomic E-state index is 1.29. The van der Waals surface area contributed by atoms with Crippen molar-refractivity contribution >= 4 is 9.30 Å². The number of benzene rings is 3. The van der Waals surface area contributed by atoms with Crippen molar-refractivity contribution in [1.82, 2.24) is 0 Å². The molecule has 0 saturated heterocycles. The van der Waals surface area contributed by atoms with E-state index in [0.717, 1.165) is 0 Å². The molecule has 3 rings (SSSR count). The molecule has 0 amide bonds. The Morgan fingerprint density at radius 2 is 0.696 bits per heavy atom. The standard InChI is InChI=1S/3C7H7.ClH.Ti/c3*1-7-5-3-2-4-6-7;;/h3*3-6H,1H3;1H;/q3*-1;;+4/p-1. The summed E-state index contributed by atoms with van der Waals surface area (Å²) in [7, 11) is 4.64. The second-order valence-corrected chi connectivity index (χ2v) is 4.73. The van der Waals surface area contributed by atoms with E-state index in [4.69, 9.17) is 0 Å². The van der Waals surface area contributed by atoms with Crippen molar-refractivity contribution in [2.24, 2.45) is 0 Å². The van der Waals surface area contributed by atoms with Crippen LogP contribution in [0.25, 0.3) is 0 Å². The Bertz CT molecular complexity index is 491. The van der Waals surface area contributed by atoms with Crippen molar-refractivity contribution in [2.75, 3.05) is 0 Å². The van der Waals surface area contributed by atoms with Crippen LogP contribution in [0.1, 0.15) is 16.7 Å². The summed E-state index contributed by atoms with van der Waals surface area (Å²) in [6.07, 6.45) is 0. The summed E-state index contributed by atoms with van der Waals surface area (Å²) in [5.74, 6) is 0. The van der Waals surface area contributed by atoms with Gasteiger partial charge >= 0.3 is 28.7 Å². The topological polar surface area (TPSA) is 0 Å². The number of hydrogen-bond donors (Lipinski definition) is 0. The first-order chi connectivity index (χ1) is 11.2. The molecule has 0 atom stereocenters. The first-order valence-electron chi connectivity index (χ1n) is 7.15. The fraction of sp³-hybridized carbons (Fsp3) is 0.143. The molecule has 3 aromatic carbocycles. The summed E-state index contributed by atoms with van der Waals surface area (Å²) in [5, 5.41) is 0. The van der Waals surface area contributed by atoms with Gasteiger partial charge in [-0.05, 0) is 0 Å². The third-order valence-corrected chi connectivity index (χ3v) is 2.65. The number of rotatable bonds is 0. The van der Waals surface area contributed by atoms with E-state index in [1.807, 2.05) is 72.8 Å². The van der Waals surface area contributed by atoms with Gasteiger partial charge < -0.3 is 0 Å². The average molecular weight is 357 g/mol. The van der Waals surface area contributed by atoms with Gasteiger partial charge in [0, 0.05) is 0 Å². The van der Waals surface area contributed by atoms with Crippen LogP contribution in [-0.2, 0) is 19.4 Å². The summed E-state index contributed by atoms with van der Waals surface area (Å²) in [6.45, 7) is 6.19. The Morgan fingerprint density at radius 3 is 0.783 bits per heavy atom. The molecule has 0 radical (unpaired) electrons. The molecule has 116 valence electrons. The van der Waals surface area contributed by atoms with Crippen LogP contribution >= 0.6 is 9.30 Å². The molecule has 0 aliphatic rings. The molecule has 0 heterocycles. The third kappa shape index (κ3) is 14.0. The van der Waals surface area contributed by atoms with E-state index in [1.54, 1.807) is 0 Å². The molecule has 0 N–H and O–H groups in total. The third-order valence-electron chi connectivity index (χ3n) is 2.65. The van der Waals surface area contributed by atoms with Gasteiger partial charge in [-0.1, -0.05) is 20.8 Å². The van der Waals surface area contributed by atoms with Gasteiger partial charge in [-0.15, -0.1) is 0 Å². The van der Waals surface area contributed by atoms with E-state index < -0.39 is 0 Å². The molecule has 2 heteroatoms. The molecule has 0 unspecified atom stereocenters. The van der Waals surface area contributed by atoms with E-state index in [1.165, 1.54) is 36.1 Å². The van der Waals surface area contributed by atoms with E-state index in [9.17, 15) is 0 Å². The van der Waals surface area contributed by atoms with Crippen LogP contribution < -0.4 is 0 Å². The van der Waals surface area contributed by atoms with Crippen LogP contribution in [0.2, 0.25) is 0 Å². The van der Waals surface area contributed by atoms with E-state index >= 15 is 0 Å². The van der Waals surface area contributed by atoms with Crippen LogP contribution in [0.5, 0.6) is 0 Å².